The van der Waals surface area contributed by atoms with E-state index in [0.29, 0.717) is 5.76 Å². The lowest BCUT2D eigenvalue weighted by molar-refractivity contribution is -0.151. The Kier molecular flexibility index (Phi) is 6.38. The molecule has 0 saturated heterocycles. The van der Waals surface area contributed by atoms with Crippen molar-refractivity contribution >= 4 is 35.5 Å². The van der Waals surface area contributed by atoms with Crippen LogP contribution in [0.25, 0.3) is 0 Å². The number of hydrogen-bond acceptors (Lipinski definition) is 7. The third-order valence-electron chi connectivity index (χ3n) is 4.43. The number of imide groups is 1. The zero-order chi connectivity index (χ0) is 21.0. The molecule has 152 valence electrons. The predicted octanol–water partition coefficient (Wildman–Crippen LogP) is 2.03. The summed E-state index contributed by atoms with van der Waals surface area (Å²) < 4.78 is 10.3. The summed E-state index contributed by atoms with van der Waals surface area (Å²) in [6.07, 6.45) is 3.24. The summed E-state index contributed by atoms with van der Waals surface area (Å²) in [6.45, 7) is 1.20. The van der Waals surface area contributed by atoms with E-state index in [4.69, 9.17) is 9.15 Å². The van der Waals surface area contributed by atoms with Crippen molar-refractivity contribution in [3.63, 3.8) is 0 Å². The number of hydrogen-bond donors (Lipinski definition) is 1. The monoisotopic (exact) mass is 416 g/mol. The average molecular weight is 416 g/mol. The van der Waals surface area contributed by atoms with Crippen molar-refractivity contribution in [1.82, 2.24) is 10.2 Å². The number of amides is 3. The number of carbonyl (C=O) groups excluding carboxylic acids is 4. The highest BCUT2D eigenvalue weighted by Crippen LogP contribution is 2.26. The molecule has 0 radical (unpaired) electrons. The average Bonchev–Trinajstić information content (AvgIpc) is 3.33. The number of thioether (sulfide) groups is 1. The lowest BCUT2D eigenvalue weighted by atomic mass is 10.1. The minimum Gasteiger partial charge on any atom is -0.467 e. The van der Waals surface area contributed by atoms with Crippen molar-refractivity contribution in [2.24, 2.45) is 0 Å². The number of nitrogens with one attached hydrogen (secondary N) is 1. The van der Waals surface area contributed by atoms with Crippen molar-refractivity contribution in [1.29, 1.82) is 0 Å². The molecule has 3 rings (SSSR count). The Morgan fingerprint density at radius 1 is 1.14 bits per heavy atom. The van der Waals surface area contributed by atoms with Gasteiger partial charge in [0.2, 0.25) is 0 Å². The van der Waals surface area contributed by atoms with Crippen LogP contribution in [0.2, 0.25) is 0 Å². The maximum atomic E-state index is 12.6. The van der Waals surface area contributed by atoms with Gasteiger partial charge >= 0.3 is 5.97 Å². The van der Waals surface area contributed by atoms with E-state index in [0.717, 1.165) is 4.90 Å². The number of fused-ring (bicyclic) bond motifs is 1. The van der Waals surface area contributed by atoms with Gasteiger partial charge in [0, 0.05) is 5.75 Å². The third kappa shape index (κ3) is 4.34. The number of benzene rings is 1. The number of furan rings is 1. The molecule has 1 aliphatic heterocycles. The summed E-state index contributed by atoms with van der Waals surface area (Å²) in [6, 6.07) is 8.30. The van der Waals surface area contributed by atoms with Crippen molar-refractivity contribution in [2.75, 3.05) is 18.6 Å². The van der Waals surface area contributed by atoms with Crippen LogP contribution in [-0.4, -0.2) is 53.2 Å². The molecule has 2 aromatic rings. The molecule has 0 spiro atoms. The minimum atomic E-state index is -1.12. The van der Waals surface area contributed by atoms with Crippen LogP contribution in [0.5, 0.6) is 0 Å². The van der Waals surface area contributed by atoms with Gasteiger partial charge in [0.1, 0.15) is 11.8 Å². The largest absolute Gasteiger partial charge is 0.467 e. The first-order valence-corrected chi connectivity index (χ1v) is 10.3. The van der Waals surface area contributed by atoms with E-state index in [9.17, 15) is 19.2 Å². The van der Waals surface area contributed by atoms with Gasteiger partial charge in [-0.1, -0.05) is 12.1 Å². The smallest absolute Gasteiger partial charge is 0.330 e. The molecular weight excluding hydrogens is 396 g/mol. The van der Waals surface area contributed by atoms with E-state index >= 15 is 0 Å². The van der Waals surface area contributed by atoms with Gasteiger partial charge in [0.15, 0.2) is 6.61 Å². The predicted molar refractivity (Wildman–Crippen MR) is 105 cm³/mol. The number of rotatable bonds is 8. The molecule has 0 fully saturated rings. The van der Waals surface area contributed by atoms with Crippen LogP contribution >= 0.6 is 11.8 Å². The molecule has 0 bridgehead atoms. The first kappa shape index (κ1) is 20.7. The Morgan fingerprint density at radius 2 is 1.79 bits per heavy atom. The fourth-order valence-electron chi connectivity index (χ4n) is 3.02. The van der Waals surface area contributed by atoms with Crippen LogP contribution in [-0.2, 0) is 14.3 Å². The highest BCUT2D eigenvalue weighted by Gasteiger charge is 2.43. The van der Waals surface area contributed by atoms with Gasteiger partial charge in [-0.15, -0.1) is 0 Å². The topological polar surface area (TPSA) is 106 Å². The Labute approximate surface area is 171 Å². The summed E-state index contributed by atoms with van der Waals surface area (Å²) >= 11 is 1.29. The number of nitrogens with zero attached hydrogens (tertiary/aromatic N) is 1. The molecule has 8 nitrogen and oxygen atoms in total. The Balaban J connectivity index is 1.64. The van der Waals surface area contributed by atoms with Gasteiger partial charge in [-0.3, -0.25) is 19.3 Å². The van der Waals surface area contributed by atoms with Crippen LogP contribution in [0, 0.1) is 0 Å². The second-order valence-corrected chi connectivity index (χ2v) is 7.32. The van der Waals surface area contributed by atoms with E-state index in [1.54, 1.807) is 49.6 Å². The highest BCUT2D eigenvalue weighted by molar-refractivity contribution is 7.98. The molecule has 1 aromatic carbocycles. The van der Waals surface area contributed by atoms with Gasteiger partial charge in [0.25, 0.3) is 17.7 Å². The van der Waals surface area contributed by atoms with E-state index in [1.165, 1.54) is 18.0 Å². The SMILES string of the molecule is CSC[C@@H](C(=O)OCC(=O)N[C@H](C)c1ccco1)N1C(=O)c2ccccc2C1=O. The Hall–Kier alpha value is -3.07. The highest BCUT2D eigenvalue weighted by atomic mass is 32.2. The van der Waals surface area contributed by atoms with Gasteiger partial charge in [-0.25, -0.2) is 4.79 Å². The van der Waals surface area contributed by atoms with Gasteiger partial charge in [-0.05, 0) is 37.4 Å². The van der Waals surface area contributed by atoms with Crippen molar-refractivity contribution in [2.45, 2.75) is 19.0 Å². The number of ether oxygens (including phenoxy) is 1. The van der Waals surface area contributed by atoms with Crippen LogP contribution < -0.4 is 5.32 Å². The molecule has 1 N–H and O–H groups in total. The third-order valence-corrected chi connectivity index (χ3v) is 5.08. The molecule has 29 heavy (non-hydrogen) atoms. The maximum Gasteiger partial charge on any atom is 0.330 e. The van der Waals surface area contributed by atoms with Crippen molar-refractivity contribution in [3.05, 3.63) is 59.5 Å². The van der Waals surface area contributed by atoms with E-state index in [1.807, 2.05) is 0 Å². The van der Waals surface area contributed by atoms with Crippen LogP contribution in [0.1, 0.15) is 39.4 Å². The Morgan fingerprint density at radius 3 is 2.34 bits per heavy atom. The summed E-state index contributed by atoms with van der Waals surface area (Å²) in [5, 5.41) is 2.65. The first-order chi connectivity index (χ1) is 13.9. The molecule has 0 aliphatic carbocycles. The first-order valence-electron chi connectivity index (χ1n) is 8.89. The van der Waals surface area contributed by atoms with Gasteiger partial charge in [0.05, 0.1) is 23.4 Å². The lowest BCUT2D eigenvalue weighted by Gasteiger charge is -2.24. The number of esters is 1. The van der Waals surface area contributed by atoms with Crippen molar-refractivity contribution in [3.8, 4) is 0 Å². The number of carbonyl (C=O) groups is 4. The fourth-order valence-corrected chi connectivity index (χ4v) is 3.62. The standard InChI is InChI=1S/C20H20N2O6S/c1-12(16-8-5-9-27-16)21-17(23)10-28-20(26)15(11-29-2)22-18(24)13-6-3-4-7-14(13)19(22)25/h3-9,12,15H,10-11H2,1-2H3,(H,21,23)/t12-,15+/m1/s1. The summed E-state index contributed by atoms with van der Waals surface area (Å²) in [7, 11) is 0. The molecule has 1 aromatic heterocycles. The van der Waals surface area contributed by atoms with E-state index in [2.05, 4.69) is 5.32 Å². The second kappa shape index (κ2) is 8.95. The van der Waals surface area contributed by atoms with Gasteiger partial charge in [-0.2, -0.15) is 11.8 Å². The second-order valence-electron chi connectivity index (χ2n) is 6.41. The minimum absolute atomic E-state index is 0.161. The van der Waals surface area contributed by atoms with Crippen LogP contribution in [0.3, 0.4) is 0 Å². The normalized spacial score (nSPS) is 15.0. The Bertz CT molecular complexity index is 892. The zero-order valence-electron chi connectivity index (χ0n) is 15.9. The summed E-state index contributed by atoms with van der Waals surface area (Å²) in [4.78, 5) is 50.9. The van der Waals surface area contributed by atoms with E-state index in [-0.39, 0.29) is 16.9 Å². The molecular formula is C20H20N2O6S. The molecule has 3 amide bonds. The molecule has 2 atom stereocenters. The molecule has 9 heteroatoms. The summed E-state index contributed by atoms with van der Waals surface area (Å²) in [5.74, 6) is -1.69. The quantitative estimate of drug-likeness (QED) is 0.518. The molecule has 1 aliphatic rings. The lowest BCUT2D eigenvalue weighted by Crippen LogP contribution is -2.48. The molecule has 2 heterocycles. The van der Waals surface area contributed by atoms with Crippen molar-refractivity contribution < 1.29 is 28.3 Å². The van der Waals surface area contributed by atoms with Crippen LogP contribution in [0.15, 0.2) is 47.1 Å². The molecule has 0 unspecified atom stereocenters. The van der Waals surface area contributed by atoms with Crippen LogP contribution in [0.4, 0.5) is 0 Å². The molecule has 0 saturated carbocycles. The van der Waals surface area contributed by atoms with E-state index < -0.39 is 42.4 Å². The zero-order valence-corrected chi connectivity index (χ0v) is 16.7. The van der Waals surface area contributed by atoms with Gasteiger partial charge < -0.3 is 14.5 Å². The maximum absolute atomic E-state index is 12.6. The fraction of sp³-hybridized carbons (Fsp3) is 0.300. The summed E-state index contributed by atoms with van der Waals surface area (Å²) in [5.41, 5.74) is 0.503.